The van der Waals surface area contributed by atoms with Crippen molar-refractivity contribution in [2.75, 3.05) is 18.4 Å². The van der Waals surface area contributed by atoms with Crippen LogP contribution in [0.1, 0.15) is 45.1 Å². The normalized spacial score (nSPS) is 15.9. The van der Waals surface area contributed by atoms with Crippen molar-refractivity contribution in [3.8, 4) is 0 Å². The van der Waals surface area contributed by atoms with Gasteiger partial charge in [-0.15, -0.1) is 0 Å². The molecule has 126 valence electrons. The van der Waals surface area contributed by atoms with Gasteiger partial charge in [0.2, 0.25) is 11.8 Å². The van der Waals surface area contributed by atoms with Crippen LogP contribution in [0.25, 0.3) is 0 Å². The molecule has 0 aromatic heterocycles. The molecule has 1 aromatic carbocycles. The van der Waals surface area contributed by atoms with E-state index in [2.05, 4.69) is 5.32 Å². The first-order valence-electron chi connectivity index (χ1n) is 8.19. The number of carbonyl (C=O) groups is 2. The second-order valence-electron chi connectivity index (χ2n) is 6.74. The van der Waals surface area contributed by atoms with E-state index >= 15 is 0 Å². The third-order valence-corrected chi connectivity index (χ3v) is 4.67. The Morgan fingerprint density at radius 1 is 1.13 bits per heavy atom. The molecule has 0 saturated carbocycles. The highest BCUT2D eigenvalue weighted by Gasteiger charge is 2.39. The highest BCUT2D eigenvalue weighted by Crippen LogP contribution is 2.26. The van der Waals surface area contributed by atoms with Gasteiger partial charge >= 0.3 is 0 Å². The minimum absolute atomic E-state index is 0.0940. The Balaban J connectivity index is 2.10. The van der Waals surface area contributed by atoms with Gasteiger partial charge in [-0.2, -0.15) is 0 Å². The molecule has 1 heterocycles. The number of rotatable bonds is 3. The second kappa shape index (κ2) is 7.35. The predicted molar refractivity (Wildman–Crippen MR) is 93.6 cm³/mol. The van der Waals surface area contributed by atoms with Crippen LogP contribution in [-0.2, 0) is 9.59 Å². The largest absolute Gasteiger partial charge is 0.342 e. The summed E-state index contributed by atoms with van der Waals surface area (Å²) in [4.78, 5) is 27.3. The maximum atomic E-state index is 12.8. The molecule has 2 rings (SSSR count). The fourth-order valence-electron chi connectivity index (χ4n) is 2.81. The van der Waals surface area contributed by atoms with Crippen molar-refractivity contribution in [1.82, 2.24) is 4.90 Å². The van der Waals surface area contributed by atoms with Crippen molar-refractivity contribution in [2.24, 2.45) is 5.41 Å². The molecule has 1 aliphatic rings. The van der Waals surface area contributed by atoms with Crippen LogP contribution >= 0.6 is 11.6 Å². The van der Waals surface area contributed by atoms with E-state index in [0.717, 1.165) is 44.3 Å². The second-order valence-corrected chi connectivity index (χ2v) is 7.18. The van der Waals surface area contributed by atoms with Crippen molar-refractivity contribution in [1.29, 1.82) is 0 Å². The lowest BCUT2D eigenvalue weighted by Crippen LogP contribution is -2.47. The molecule has 0 atom stereocenters. The van der Waals surface area contributed by atoms with Crippen LogP contribution in [0.4, 0.5) is 5.69 Å². The smallest absolute Gasteiger partial charge is 0.239 e. The highest BCUT2D eigenvalue weighted by atomic mass is 35.5. The molecule has 23 heavy (non-hydrogen) atoms. The summed E-state index contributed by atoms with van der Waals surface area (Å²) in [5.74, 6) is -0.374. The van der Waals surface area contributed by atoms with Gasteiger partial charge in [0.1, 0.15) is 5.41 Å². The van der Waals surface area contributed by atoms with Gasteiger partial charge < -0.3 is 10.2 Å². The molecule has 1 saturated heterocycles. The quantitative estimate of drug-likeness (QED) is 0.848. The Bertz CT molecular complexity index is 591. The Labute approximate surface area is 143 Å². The summed E-state index contributed by atoms with van der Waals surface area (Å²) in [6.07, 6.45) is 4.33. The van der Waals surface area contributed by atoms with Crippen LogP contribution in [0, 0.1) is 12.3 Å². The molecule has 1 aliphatic heterocycles. The molecule has 1 fully saturated rings. The maximum Gasteiger partial charge on any atom is 0.239 e. The van der Waals surface area contributed by atoms with Gasteiger partial charge in [-0.3, -0.25) is 9.59 Å². The predicted octanol–water partition coefficient (Wildman–Crippen LogP) is 4.02. The lowest BCUT2D eigenvalue weighted by atomic mass is 9.90. The number of nitrogens with one attached hydrogen (secondary N) is 1. The summed E-state index contributed by atoms with van der Waals surface area (Å²) in [5.41, 5.74) is 0.483. The molecule has 5 heteroatoms. The van der Waals surface area contributed by atoms with Crippen LogP contribution in [0.5, 0.6) is 0 Å². The first-order valence-corrected chi connectivity index (χ1v) is 8.57. The van der Waals surface area contributed by atoms with Gasteiger partial charge in [-0.1, -0.05) is 24.4 Å². The molecule has 4 nitrogen and oxygen atoms in total. The molecule has 0 bridgehead atoms. The molecular formula is C18H25ClN2O2. The number of anilines is 1. The highest BCUT2D eigenvalue weighted by molar-refractivity contribution is 6.30. The number of hydrogen-bond donors (Lipinski definition) is 1. The van der Waals surface area contributed by atoms with Crippen molar-refractivity contribution >= 4 is 29.1 Å². The first kappa shape index (κ1) is 17.8. The summed E-state index contributed by atoms with van der Waals surface area (Å²) < 4.78 is 0. The summed E-state index contributed by atoms with van der Waals surface area (Å²) in [5, 5.41) is 3.49. The molecule has 1 N–H and O–H groups in total. The average molecular weight is 337 g/mol. The Kier molecular flexibility index (Phi) is 5.69. The van der Waals surface area contributed by atoms with E-state index in [1.165, 1.54) is 0 Å². The fourth-order valence-corrected chi connectivity index (χ4v) is 3.04. The van der Waals surface area contributed by atoms with Crippen molar-refractivity contribution in [2.45, 2.75) is 46.5 Å². The van der Waals surface area contributed by atoms with Gasteiger partial charge in [-0.25, -0.2) is 0 Å². The van der Waals surface area contributed by atoms with E-state index in [9.17, 15) is 9.59 Å². The minimum Gasteiger partial charge on any atom is -0.342 e. The zero-order valence-electron chi connectivity index (χ0n) is 14.1. The van der Waals surface area contributed by atoms with Crippen LogP contribution < -0.4 is 5.32 Å². The van der Waals surface area contributed by atoms with Crippen LogP contribution in [0.3, 0.4) is 0 Å². The Morgan fingerprint density at radius 3 is 2.30 bits per heavy atom. The number of hydrogen-bond acceptors (Lipinski definition) is 2. The summed E-state index contributed by atoms with van der Waals surface area (Å²) in [6, 6.07) is 5.29. The molecule has 2 amide bonds. The lowest BCUT2D eigenvalue weighted by molar-refractivity contribution is -0.146. The van der Waals surface area contributed by atoms with Gasteiger partial charge in [-0.05, 0) is 57.4 Å². The average Bonchev–Trinajstić information content (AvgIpc) is 2.78. The SMILES string of the molecule is Cc1cc(Cl)ccc1NC(=O)C(C)(C)C(=O)N1CCCCCC1. The number of aryl methyl sites for hydroxylation is 1. The Hall–Kier alpha value is -1.55. The summed E-state index contributed by atoms with van der Waals surface area (Å²) in [7, 11) is 0. The standard InChI is InChI=1S/C18H25ClN2O2/c1-13-12-14(19)8-9-15(13)20-16(22)18(2,3)17(23)21-10-6-4-5-7-11-21/h8-9,12H,4-7,10-11H2,1-3H3,(H,20,22). The molecular weight excluding hydrogens is 312 g/mol. The molecule has 0 aliphatic carbocycles. The van der Waals surface area contributed by atoms with Crippen molar-refractivity contribution < 1.29 is 9.59 Å². The third kappa shape index (κ3) is 4.25. The number of halogens is 1. The third-order valence-electron chi connectivity index (χ3n) is 4.43. The maximum absolute atomic E-state index is 12.8. The molecule has 0 spiro atoms. The zero-order valence-corrected chi connectivity index (χ0v) is 14.9. The van der Waals surface area contributed by atoms with E-state index in [-0.39, 0.29) is 11.8 Å². The van der Waals surface area contributed by atoms with Gasteiger partial charge in [0.05, 0.1) is 0 Å². The number of amides is 2. The van der Waals surface area contributed by atoms with E-state index in [0.29, 0.717) is 10.7 Å². The van der Waals surface area contributed by atoms with Gasteiger partial charge in [0.25, 0.3) is 0 Å². The van der Waals surface area contributed by atoms with E-state index < -0.39 is 5.41 Å². The summed E-state index contributed by atoms with van der Waals surface area (Å²) >= 11 is 5.94. The molecule has 0 radical (unpaired) electrons. The number of nitrogens with zero attached hydrogens (tertiary/aromatic N) is 1. The van der Waals surface area contributed by atoms with Gasteiger partial charge in [0.15, 0.2) is 0 Å². The van der Waals surface area contributed by atoms with E-state index in [4.69, 9.17) is 11.6 Å². The number of likely N-dealkylation sites (tertiary alicyclic amines) is 1. The first-order chi connectivity index (χ1) is 10.8. The number of benzene rings is 1. The number of carbonyl (C=O) groups excluding carboxylic acids is 2. The van der Waals surface area contributed by atoms with E-state index in [1.807, 2.05) is 11.8 Å². The zero-order chi connectivity index (χ0) is 17.0. The lowest BCUT2D eigenvalue weighted by Gasteiger charge is -2.30. The van der Waals surface area contributed by atoms with Crippen molar-refractivity contribution in [3.05, 3.63) is 28.8 Å². The van der Waals surface area contributed by atoms with Crippen LogP contribution in [-0.4, -0.2) is 29.8 Å². The van der Waals surface area contributed by atoms with Gasteiger partial charge in [0, 0.05) is 23.8 Å². The summed E-state index contributed by atoms with van der Waals surface area (Å²) in [6.45, 7) is 6.76. The fraction of sp³-hybridized carbons (Fsp3) is 0.556. The minimum atomic E-state index is -1.09. The Morgan fingerprint density at radius 2 is 1.74 bits per heavy atom. The monoisotopic (exact) mass is 336 g/mol. The van der Waals surface area contributed by atoms with E-state index in [1.54, 1.807) is 32.0 Å². The molecule has 0 unspecified atom stereocenters. The van der Waals surface area contributed by atoms with Crippen LogP contribution in [0.2, 0.25) is 5.02 Å². The van der Waals surface area contributed by atoms with Crippen LogP contribution in [0.15, 0.2) is 18.2 Å². The topological polar surface area (TPSA) is 49.4 Å². The van der Waals surface area contributed by atoms with Crippen molar-refractivity contribution in [3.63, 3.8) is 0 Å². The molecule has 1 aromatic rings.